The van der Waals surface area contributed by atoms with Gasteiger partial charge >= 0.3 is 0 Å². The molecule has 0 spiro atoms. The van der Waals surface area contributed by atoms with Crippen LogP contribution in [0.4, 0.5) is 0 Å². The monoisotopic (exact) mass is 464 g/mol. The molecule has 0 radical (unpaired) electrons. The molecule has 0 aliphatic carbocycles. The Hall–Kier alpha value is -1.89. The van der Waals surface area contributed by atoms with Crippen molar-refractivity contribution in [3.63, 3.8) is 0 Å². The predicted octanol–water partition coefficient (Wildman–Crippen LogP) is 3.34. The summed E-state index contributed by atoms with van der Waals surface area (Å²) in [6.07, 6.45) is 4.81. The molecule has 33 heavy (non-hydrogen) atoms. The van der Waals surface area contributed by atoms with Gasteiger partial charge in [0.1, 0.15) is 6.04 Å². The average molecular weight is 465 g/mol. The van der Waals surface area contributed by atoms with Crippen LogP contribution in [0.2, 0.25) is 0 Å². The number of amides is 3. The van der Waals surface area contributed by atoms with Crippen LogP contribution in [0.1, 0.15) is 81.6 Å². The summed E-state index contributed by atoms with van der Waals surface area (Å²) in [6, 6.07) is -0.732. The molecule has 1 heterocycles. The van der Waals surface area contributed by atoms with Crippen LogP contribution in [-0.4, -0.2) is 71.3 Å². The zero-order valence-corrected chi connectivity index (χ0v) is 22.6. The Morgan fingerprint density at radius 1 is 0.939 bits per heavy atom. The summed E-state index contributed by atoms with van der Waals surface area (Å²) in [5.41, 5.74) is 0.585. The van der Waals surface area contributed by atoms with Gasteiger partial charge in [-0.3, -0.25) is 19.3 Å². The lowest BCUT2D eigenvalue weighted by Gasteiger charge is -2.39. The first kappa shape index (κ1) is 29.1. The maximum atomic E-state index is 13.6. The van der Waals surface area contributed by atoms with Crippen LogP contribution in [-0.2, 0) is 14.4 Å². The summed E-state index contributed by atoms with van der Waals surface area (Å²) in [4.78, 5) is 43.1. The number of hydrogen-bond acceptors (Lipinski definition) is 4. The highest BCUT2D eigenvalue weighted by Crippen LogP contribution is 2.21. The SMILES string of the molecule is CC(=C[C@H](C(C)C)N(C)C(=O)[C@@H](NC(=O)C1CCCCN1C(C)C)C(C)C)C(=O)NC(C)C. The lowest BCUT2D eigenvalue weighted by Crippen LogP contribution is -2.58. The maximum absolute atomic E-state index is 13.6. The average Bonchev–Trinajstić information content (AvgIpc) is 2.73. The standard InChI is InChI=1S/C26H48N4O3/c1-16(2)22(15-20(9)24(31)27-18(5)6)29(10)26(33)23(17(3)4)28-25(32)21-13-11-12-14-30(21)19(7)8/h15-19,21-23H,11-14H2,1-10H3,(H,27,31)(H,28,32)/t21?,22-,23+/m1/s1. The van der Waals surface area contributed by atoms with Gasteiger partial charge in [0.2, 0.25) is 17.7 Å². The molecule has 1 unspecified atom stereocenters. The van der Waals surface area contributed by atoms with Crippen molar-refractivity contribution in [1.82, 2.24) is 20.4 Å². The smallest absolute Gasteiger partial charge is 0.246 e. The van der Waals surface area contributed by atoms with Crippen molar-refractivity contribution in [3.05, 3.63) is 11.6 Å². The molecular weight excluding hydrogens is 416 g/mol. The van der Waals surface area contributed by atoms with Crippen molar-refractivity contribution in [1.29, 1.82) is 0 Å². The second-order valence-electron chi connectivity index (χ2n) is 10.7. The van der Waals surface area contributed by atoms with E-state index in [0.29, 0.717) is 5.57 Å². The Labute approximate surface area is 201 Å². The van der Waals surface area contributed by atoms with Gasteiger partial charge in [0, 0.05) is 24.7 Å². The molecule has 1 aliphatic heterocycles. The Morgan fingerprint density at radius 3 is 2.03 bits per heavy atom. The predicted molar refractivity (Wildman–Crippen MR) is 135 cm³/mol. The Kier molecular flexibility index (Phi) is 11.6. The van der Waals surface area contributed by atoms with E-state index < -0.39 is 6.04 Å². The molecular formula is C26H48N4O3. The summed E-state index contributed by atoms with van der Waals surface area (Å²) in [5, 5.41) is 5.98. The van der Waals surface area contributed by atoms with Crippen molar-refractivity contribution in [3.8, 4) is 0 Å². The number of carbonyl (C=O) groups is 3. The zero-order valence-electron chi connectivity index (χ0n) is 22.6. The highest BCUT2D eigenvalue weighted by atomic mass is 16.2. The van der Waals surface area contributed by atoms with E-state index >= 15 is 0 Å². The summed E-state index contributed by atoms with van der Waals surface area (Å²) in [6.45, 7) is 18.7. The fraction of sp³-hybridized carbons (Fsp3) is 0.808. The Morgan fingerprint density at radius 2 is 1.55 bits per heavy atom. The molecule has 7 heteroatoms. The zero-order chi connectivity index (χ0) is 25.5. The lowest BCUT2D eigenvalue weighted by molar-refractivity contribution is -0.140. The molecule has 1 fully saturated rings. The number of hydrogen-bond donors (Lipinski definition) is 2. The number of piperidine rings is 1. The molecule has 1 saturated heterocycles. The van der Waals surface area contributed by atoms with Gasteiger partial charge in [0.15, 0.2) is 0 Å². The molecule has 0 aromatic heterocycles. The molecule has 190 valence electrons. The third-order valence-corrected chi connectivity index (χ3v) is 6.42. The summed E-state index contributed by atoms with van der Waals surface area (Å²) in [7, 11) is 1.76. The minimum Gasteiger partial charge on any atom is -0.350 e. The summed E-state index contributed by atoms with van der Waals surface area (Å²) in [5.74, 6) is -0.261. The molecule has 2 N–H and O–H groups in total. The molecule has 1 rings (SSSR count). The largest absolute Gasteiger partial charge is 0.350 e. The highest BCUT2D eigenvalue weighted by molar-refractivity contribution is 5.93. The third-order valence-electron chi connectivity index (χ3n) is 6.42. The minimum atomic E-state index is -0.613. The van der Waals surface area contributed by atoms with Crippen molar-refractivity contribution in [2.75, 3.05) is 13.6 Å². The van der Waals surface area contributed by atoms with Gasteiger partial charge in [0.25, 0.3) is 0 Å². The van der Waals surface area contributed by atoms with E-state index in [1.54, 1.807) is 18.9 Å². The van der Waals surface area contributed by atoms with E-state index in [1.165, 1.54) is 0 Å². The van der Waals surface area contributed by atoms with Gasteiger partial charge in [-0.05, 0) is 65.8 Å². The number of nitrogens with zero attached hydrogens (tertiary/aromatic N) is 2. The molecule has 1 aliphatic rings. The van der Waals surface area contributed by atoms with Gasteiger partial charge in [-0.15, -0.1) is 0 Å². The van der Waals surface area contributed by atoms with Crippen molar-refractivity contribution < 1.29 is 14.4 Å². The molecule has 0 aromatic rings. The Balaban J connectivity index is 3.06. The van der Waals surface area contributed by atoms with E-state index in [-0.39, 0.29) is 53.7 Å². The van der Waals surface area contributed by atoms with E-state index in [9.17, 15) is 14.4 Å². The van der Waals surface area contributed by atoms with Crippen LogP contribution in [0, 0.1) is 11.8 Å². The summed E-state index contributed by atoms with van der Waals surface area (Å²) < 4.78 is 0. The topological polar surface area (TPSA) is 81.8 Å². The molecule has 0 bridgehead atoms. The summed E-state index contributed by atoms with van der Waals surface area (Å²) >= 11 is 0. The number of rotatable bonds is 10. The Bertz CT molecular complexity index is 700. The molecule has 7 nitrogen and oxygen atoms in total. The first-order chi connectivity index (χ1) is 15.3. The van der Waals surface area contributed by atoms with Crippen LogP contribution in [0.3, 0.4) is 0 Å². The van der Waals surface area contributed by atoms with Crippen molar-refractivity contribution in [2.24, 2.45) is 11.8 Å². The number of likely N-dealkylation sites (tertiary alicyclic amines) is 1. The van der Waals surface area contributed by atoms with Crippen LogP contribution in [0.25, 0.3) is 0 Å². The lowest BCUT2D eigenvalue weighted by atomic mass is 9.95. The van der Waals surface area contributed by atoms with Gasteiger partial charge in [-0.2, -0.15) is 0 Å². The normalized spacial score (nSPS) is 19.7. The second-order valence-corrected chi connectivity index (χ2v) is 10.7. The van der Waals surface area contributed by atoms with Crippen LogP contribution < -0.4 is 10.6 Å². The van der Waals surface area contributed by atoms with Crippen molar-refractivity contribution >= 4 is 17.7 Å². The van der Waals surface area contributed by atoms with E-state index in [2.05, 4.69) is 29.4 Å². The third kappa shape index (κ3) is 8.43. The molecule has 3 atom stereocenters. The maximum Gasteiger partial charge on any atom is 0.246 e. The van der Waals surface area contributed by atoms with Crippen LogP contribution in [0.15, 0.2) is 11.6 Å². The van der Waals surface area contributed by atoms with E-state index in [0.717, 1.165) is 25.8 Å². The fourth-order valence-corrected chi connectivity index (χ4v) is 4.44. The van der Waals surface area contributed by atoms with Crippen LogP contribution in [0.5, 0.6) is 0 Å². The van der Waals surface area contributed by atoms with E-state index in [1.807, 2.05) is 47.6 Å². The highest BCUT2D eigenvalue weighted by Gasteiger charge is 2.35. The first-order valence-electron chi connectivity index (χ1n) is 12.6. The van der Waals surface area contributed by atoms with Gasteiger partial charge in [-0.25, -0.2) is 0 Å². The molecule has 3 amide bonds. The number of carbonyl (C=O) groups excluding carboxylic acids is 3. The fourth-order valence-electron chi connectivity index (χ4n) is 4.44. The molecule has 0 aromatic carbocycles. The van der Waals surface area contributed by atoms with Crippen LogP contribution >= 0.6 is 0 Å². The van der Waals surface area contributed by atoms with Gasteiger partial charge in [-0.1, -0.05) is 40.2 Å². The van der Waals surface area contributed by atoms with E-state index in [4.69, 9.17) is 0 Å². The number of likely N-dealkylation sites (N-methyl/N-ethyl adjacent to an activating group) is 1. The van der Waals surface area contributed by atoms with Crippen molar-refractivity contribution in [2.45, 2.75) is 112 Å². The molecule has 0 saturated carbocycles. The van der Waals surface area contributed by atoms with Gasteiger partial charge < -0.3 is 15.5 Å². The second kappa shape index (κ2) is 13.1. The van der Waals surface area contributed by atoms with Gasteiger partial charge in [0.05, 0.1) is 12.1 Å². The number of nitrogens with one attached hydrogen (secondary N) is 2. The first-order valence-corrected chi connectivity index (χ1v) is 12.6. The quantitative estimate of drug-likeness (QED) is 0.486. The minimum absolute atomic E-state index is 0.0448.